The SMILES string of the molecule is CCCOc1ccc2c(c1)C(CCOc1ccc(CC(OCC)C(=O)O)cc1)c1ccccc1-2. The van der Waals surface area contributed by atoms with Crippen molar-refractivity contribution < 1.29 is 24.1 Å². The molecular weight excluding hydrogens is 428 g/mol. The topological polar surface area (TPSA) is 65.0 Å². The Labute approximate surface area is 201 Å². The van der Waals surface area contributed by atoms with Gasteiger partial charge in [-0.3, -0.25) is 0 Å². The van der Waals surface area contributed by atoms with Crippen molar-refractivity contribution in [3.8, 4) is 22.6 Å². The number of carboxylic acid groups (broad SMARTS) is 1. The van der Waals surface area contributed by atoms with E-state index < -0.39 is 12.1 Å². The second-order valence-corrected chi connectivity index (χ2v) is 8.50. The van der Waals surface area contributed by atoms with Crippen LogP contribution in [0.4, 0.5) is 0 Å². The first kappa shape index (κ1) is 23.8. The minimum atomic E-state index is -0.942. The molecule has 3 aromatic rings. The molecule has 0 bridgehead atoms. The molecule has 4 rings (SSSR count). The smallest absolute Gasteiger partial charge is 0.333 e. The molecule has 0 heterocycles. The van der Waals surface area contributed by atoms with E-state index in [0.717, 1.165) is 29.9 Å². The maximum absolute atomic E-state index is 11.3. The minimum absolute atomic E-state index is 0.262. The largest absolute Gasteiger partial charge is 0.494 e. The zero-order chi connectivity index (χ0) is 23.9. The molecule has 0 spiro atoms. The molecule has 0 amide bonds. The summed E-state index contributed by atoms with van der Waals surface area (Å²) in [7, 11) is 0. The number of rotatable bonds is 12. The zero-order valence-corrected chi connectivity index (χ0v) is 19.8. The Morgan fingerprint density at radius 1 is 0.882 bits per heavy atom. The second-order valence-electron chi connectivity index (χ2n) is 8.50. The van der Waals surface area contributed by atoms with Crippen molar-refractivity contribution in [1.29, 1.82) is 0 Å². The van der Waals surface area contributed by atoms with Crippen LogP contribution in [0.5, 0.6) is 11.5 Å². The van der Waals surface area contributed by atoms with Gasteiger partial charge in [-0.1, -0.05) is 49.4 Å². The van der Waals surface area contributed by atoms with Gasteiger partial charge in [0.25, 0.3) is 0 Å². The maximum Gasteiger partial charge on any atom is 0.333 e. The van der Waals surface area contributed by atoms with Gasteiger partial charge >= 0.3 is 5.97 Å². The molecule has 5 nitrogen and oxygen atoms in total. The first-order valence-corrected chi connectivity index (χ1v) is 12.0. The Bertz CT molecular complexity index is 1110. The van der Waals surface area contributed by atoms with Crippen molar-refractivity contribution in [2.24, 2.45) is 0 Å². The van der Waals surface area contributed by atoms with Crippen molar-refractivity contribution in [3.05, 3.63) is 83.4 Å². The fourth-order valence-corrected chi connectivity index (χ4v) is 4.56. The third-order valence-electron chi connectivity index (χ3n) is 6.16. The van der Waals surface area contributed by atoms with Crippen LogP contribution in [0.3, 0.4) is 0 Å². The van der Waals surface area contributed by atoms with E-state index in [9.17, 15) is 9.90 Å². The highest BCUT2D eigenvalue weighted by Crippen LogP contribution is 2.47. The Kier molecular flexibility index (Phi) is 7.86. The molecule has 0 fully saturated rings. The maximum atomic E-state index is 11.3. The molecule has 34 heavy (non-hydrogen) atoms. The predicted molar refractivity (Wildman–Crippen MR) is 133 cm³/mol. The van der Waals surface area contributed by atoms with E-state index in [4.69, 9.17) is 14.2 Å². The van der Waals surface area contributed by atoms with Crippen LogP contribution in [0.1, 0.15) is 49.3 Å². The summed E-state index contributed by atoms with van der Waals surface area (Å²) in [5, 5.41) is 9.28. The van der Waals surface area contributed by atoms with Crippen LogP contribution in [-0.2, 0) is 16.0 Å². The van der Waals surface area contributed by atoms with Crippen LogP contribution in [0.15, 0.2) is 66.7 Å². The first-order valence-electron chi connectivity index (χ1n) is 12.0. The van der Waals surface area contributed by atoms with E-state index in [1.807, 2.05) is 24.3 Å². The molecule has 1 aliphatic rings. The lowest BCUT2D eigenvalue weighted by atomic mass is 9.94. The lowest BCUT2D eigenvalue weighted by Gasteiger charge is -2.16. The highest BCUT2D eigenvalue weighted by atomic mass is 16.5. The Morgan fingerprint density at radius 2 is 1.59 bits per heavy atom. The molecule has 0 saturated heterocycles. The van der Waals surface area contributed by atoms with Gasteiger partial charge in [0.2, 0.25) is 0 Å². The Hall–Kier alpha value is -3.31. The van der Waals surface area contributed by atoms with Crippen LogP contribution in [-0.4, -0.2) is 37.0 Å². The van der Waals surface area contributed by atoms with Gasteiger partial charge < -0.3 is 19.3 Å². The molecule has 1 N–H and O–H groups in total. The summed E-state index contributed by atoms with van der Waals surface area (Å²) >= 11 is 0. The van der Waals surface area contributed by atoms with E-state index in [-0.39, 0.29) is 5.92 Å². The van der Waals surface area contributed by atoms with Crippen molar-refractivity contribution in [1.82, 2.24) is 0 Å². The third kappa shape index (κ3) is 5.42. The summed E-state index contributed by atoms with van der Waals surface area (Å²) in [6.45, 7) is 5.58. The molecule has 3 aromatic carbocycles. The highest BCUT2D eigenvalue weighted by Gasteiger charge is 2.28. The summed E-state index contributed by atoms with van der Waals surface area (Å²) in [6, 6.07) is 22.6. The van der Waals surface area contributed by atoms with Gasteiger partial charge in [0.05, 0.1) is 13.2 Å². The van der Waals surface area contributed by atoms with E-state index in [2.05, 4.69) is 49.4 Å². The van der Waals surface area contributed by atoms with Crippen LogP contribution < -0.4 is 9.47 Å². The number of carboxylic acids is 1. The molecule has 0 radical (unpaired) electrons. The quantitative estimate of drug-likeness (QED) is 0.354. The fraction of sp³-hybridized carbons (Fsp3) is 0.345. The number of carbonyl (C=O) groups is 1. The van der Waals surface area contributed by atoms with Gasteiger partial charge in [0.15, 0.2) is 6.10 Å². The molecule has 0 aromatic heterocycles. The summed E-state index contributed by atoms with van der Waals surface area (Å²) in [4.78, 5) is 11.3. The molecule has 0 aliphatic heterocycles. The third-order valence-corrected chi connectivity index (χ3v) is 6.16. The van der Waals surface area contributed by atoms with Gasteiger partial charge in [-0.05, 0) is 71.8 Å². The molecular formula is C29H32O5. The van der Waals surface area contributed by atoms with Gasteiger partial charge in [0.1, 0.15) is 11.5 Å². The van der Waals surface area contributed by atoms with Crippen LogP contribution in [0.2, 0.25) is 0 Å². The van der Waals surface area contributed by atoms with Crippen molar-refractivity contribution >= 4 is 5.97 Å². The minimum Gasteiger partial charge on any atom is -0.494 e. The number of hydrogen-bond acceptors (Lipinski definition) is 4. The number of benzene rings is 3. The average molecular weight is 461 g/mol. The summed E-state index contributed by atoms with van der Waals surface area (Å²) in [5.74, 6) is 1.01. The van der Waals surface area contributed by atoms with Crippen LogP contribution in [0, 0.1) is 0 Å². The van der Waals surface area contributed by atoms with E-state index in [1.165, 1.54) is 22.3 Å². The monoisotopic (exact) mass is 460 g/mol. The van der Waals surface area contributed by atoms with Gasteiger partial charge in [-0.15, -0.1) is 0 Å². The van der Waals surface area contributed by atoms with Crippen LogP contribution >= 0.6 is 0 Å². The average Bonchev–Trinajstić information content (AvgIpc) is 3.16. The van der Waals surface area contributed by atoms with E-state index in [1.54, 1.807) is 6.92 Å². The molecule has 0 saturated carbocycles. The van der Waals surface area contributed by atoms with Gasteiger partial charge in [-0.2, -0.15) is 0 Å². The molecule has 1 aliphatic carbocycles. The number of fused-ring (bicyclic) bond motifs is 3. The number of ether oxygens (including phenoxy) is 3. The summed E-state index contributed by atoms with van der Waals surface area (Å²) < 4.78 is 17.3. The molecule has 2 atom stereocenters. The molecule has 2 unspecified atom stereocenters. The zero-order valence-electron chi connectivity index (χ0n) is 19.8. The Balaban J connectivity index is 1.41. The molecule has 178 valence electrons. The van der Waals surface area contributed by atoms with Crippen molar-refractivity contribution in [3.63, 3.8) is 0 Å². The number of aliphatic carboxylic acids is 1. The van der Waals surface area contributed by atoms with Gasteiger partial charge in [0, 0.05) is 18.9 Å². The fourth-order valence-electron chi connectivity index (χ4n) is 4.56. The normalized spacial score (nSPS) is 14.8. The van der Waals surface area contributed by atoms with E-state index in [0.29, 0.717) is 26.2 Å². The standard InChI is InChI=1S/C29H32O5/c1-3-16-33-22-13-14-25-23-7-5-6-8-24(23)26(27(25)19-22)15-17-34-21-11-9-20(10-12-21)18-28(29(30)31)32-4-2/h5-14,19,26,28H,3-4,15-18H2,1-2H3,(H,30,31). The lowest BCUT2D eigenvalue weighted by molar-refractivity contribution is -0.149. The number of hydrogen-bond donors (Lipinski definition) is 1. The van der Waals surface area contributed by atoms with Crippen molar-refractivity contribution in [2.75, 3.05) is 19.8 Å². The predicted octanol–water partition coefficient (Wildman–Crippen LogP) is 6.09. The highest BCUT2D eigenvalue weighted by molar-refractivity contribution is 5.79. The second kappa shape index (κ2) is 11.2. The summed E-state index contributed by atoms with van der Waals surface area (Å²) in [5.41, 5.74) is 6.10. The first-order chi connectivity index (χ1) is 16.6. The lowest BCUT2D eigenvalue weighted by Crippen LogP contribution is -2.26. The van der Waals surface area contributed by atoms with Crippen molar-refractivity contribution in [2.45, 2.75) is 45.1 Å². The molecule has 5 heteroatoms. The van der Waals surface area contributed by atoms with E-state index >= 15 is 0 Å². The van der Waals surface area contributed by atoms with Gasteiger partial charge in [-0.25, -0.2) is 4.79 Å². The Morgan fingerprint density at radius 3 is 2.32 bits per heavy atom. The van der Waals surface area contributed by atoms with Crippen LogP contribution in [0.25, 0.3) is 11.1 Å². The summed E-state index contributed by atoms with van der Waals surface area (Å²) in [6.07, 6.45) is 1.34.